The number of aliphatic hydroxyl groups excluding tert-OH is 1. The highest BCUT2D eigenvalue weighted by molar-refractivity contribution is 5.97. The van der Waals surface area contributed by atoms with Crippen LogP contribution in [0.25, 0.3) is 0 Å². The van der Waals surface area contributed by atoms with Gasteiger partial charge in [0.05, 0.1) is 36.3 Å². The normalized spacial score (nSPS) is 15.2. The first kappa shape index (κ1) is 14.8. The van der Waals surface area contributed by atoms with E-state index in [-0.39, 0.29) is 12.6 Å². The average Bonchev–Trinajstić information content (AvgIpc) is 2.56. The molecule has 114 valence electrons. The van der Waals surface area contributed by atoms with Gasteiger partial charge in [0.25, 0.3) is 0 Å². The van der Waals surface area contributed by atoms with E-state index in [0.717, 1.165) is 29.2 Å². The summed E-state index contributed by atoms with van der Waals surface area (Å²) in [5.74, 6) is 0. The molecule has 0 aromatic heterocycles. The van der Waals surface area contributed by atoms with E-state index in [1.54, 1.807) is 0 Å². The fourth-order valence-electron chi connectivity index (χ4n) is 2.76. The lowest BCUT2D eigenvalue weighted by Crippen LogP contribution is -2.37. The zero-order valence-corrected chi connectivity index (χ0v) is 12.7. The molecule has 1 aliphatic heterocycles. The summed E-state index contributed by atoms with van der Waals surface area (Å²) in [5.41, 5.74) is 4.34. The molecule has 0 spiro atoms. The fraction of sp³-hybridized carbons (Fsp3) is 0.278. The second kappa shape index (κ2) is 6.73. The molecule has 4 nitrogen and oxygen atoms in total. The molecule has 0 amide bonds. The molecule has 0 saturated carbocycles. The van der Waals surface area contributed by atoms with Crippen LogP contribution in [0.1, 0.15) is 11.6 Å². The van der Waals surface area contributed by atoms with Crippen molar-refractivity contribution in [3.05, 3.63) is 60.2 Å². The van der Waals surface area contributed by atoms with Gasteiger partial charge in [0.1, 0.15) is 0 Å². The number of benzene rings is 2. The Bertz CT molecular complexity index is 654. The lowest BCUT2D eigenvalue weighted by molar-refractivity contribution is 0.248. The number of fused-ring (bicyclic) bond motifs is 1. The van der Waals surface area contributed by atoms with Crippen molar-refractivity contribution in [2.24, 2.45) is 4.99 Å². The summed E-state index contributed by atoms with van der Waals surface area (Å²) in [6.45, 7) is 1.54. The highest BCUT2D eigenvalue weighted by Gasteiger charge is 2.17. The fourth-order valence-corrected chi connectivity index (χ4v) is 2.76. The van der Waals surface area contributed by atoms with E-state index in [9.17, 15) is 5.11 Å². The molecule has 0 aliphatic carbocycles. The Morgan fingerprint density at radius 3 is 2.64 bits per heavy atom. The first-order valence-electron chi connectivity index (χ1n) is 7.53. The molecule has 4 heteroatoms. The molecule has 0 fully saturated rings. The summed E-state index contributed by atoms with van der Waals surface area (Å²) in [5, 5.41) is 13.0. The Morgan fingerprint density at radius 2 is 1.86 bits per heavy atom. The Hall–Kier alpha value is -2.17. The highest BCUT2D eigenvalue weighted by atomic mass is 16.3. The van der Waals surface area contributed by atoms with Crippen molar-refractivity contribution < 1.29 is 5.11 Å². The zero-order chi connectivity index (χ0) is 15.4. The lowest BCUT2D eigenvalue weighted by Gasteiger charge is -2.27. The van der Waals surface area contributed by atoms with Gasteiger partial charge in [0, 0.05) is 13.6 Å². The number of para-hydroxylation sites is 2. The van der Waals surface area contributed by atoms with Crippen LogP contribution in [0.3, 0.4) is 0 Å². The molecular weight excluding hydrogens is 274 g/mol. The SMILES string of the molecule is CN1CC(CN[C@H](CO)c2ccccc2)=Nc2ccccc21. The highest BCUT2D eigenvalue weighted by Crippen LogP contribution is 2.30. The van der Waals surface area contributed by atoms with Gasteiger partial charge in [-0.25, -0.2) is 0 Å². The molecule has 0 unspecified atom stereocenters. The van der Waals surface area contributed by atoms with Gasteiger partial charge < -0.3 is 15.3 Å². The van der Waals surface area contributed by atoms with E-state index in [1.165, 1.54) is 0 Å². The number of hydrogen-bond donors (Lipinski definition) is 2. The van der Waals surface area contributed by atoms with Crippen molar-refractivity contribution in [3.8, 4) is 0 Å². The van der Waals surface area contributed by atoms with Gasteiger partial charge in [0.2, 0.25) is 0 Å². The van der Waals surface area contributed by atoms with Crippen LogP contribution in [-0.4, -0.2) is 37.6 Å². The van der Waals surface area contributed by atoms with Crippen molar-refractivity contribution in [2.75, 3.05) is 31.6 Å². The van der Waals surface area contributed by atoms with Gasteiger partial charge in [-0.2, -0.15) is 0 Å². The van der Waals surface area contributed by atoms with Gasteiger partial charge >= 0.3 is 0 Å². The van der Waals surface area contributed by atoms with E-state index < -0.39 is 0 Å². The van der Waals surface area contributed by atoms with Crippen molar-refractivity contribution in [1.82, 2.24) is 5.32 Å². The third kappa shape index (κ3) is 3.18. The lowest BCUT2D eigenvalue weighted by atomic mass is 10.1. The van der Waals surface area contributed by atoms with Crippen LogP contribution in [0.2, 0.25) is 0 Å². The molecule has 3 rings (SSSR count). The molecular formula is C18H21N3O. The molecule has 22 heavy (non-hydrogen) atoms. The molecule has 1 atom stereocenters. The zero-order valence-electron chi connectivity index (χ0n) is 12.7. The number of nitrogens with zero attached hydrogens (tertiary/aromatic N) is 2. The maximum Gasteiger partial charge on any atom is 0.0863 e. The van der Waals surface area contributed by atoms with Gasteiger partial charge in [-0.1, -0.05) is 42.5 Å². The number of nitrogens with one attached hydrogen (secondary N) is 1. The molecule has 2 N–H and O–H groups in total. The third-order valence-corrected chi connectivity index (χ3v) is 3.93. The van der Waals surface area contributed by atoms with Crippen molar-refractivity contribution >= 4 is 17.1 Å². The van der Waals surface area contributed by atoms with E-state index in [2.05, 4.69) is 23.3 Å². The standard InChI is InChI=1S/C18H21N3O/c1-21-12-15(20-16-9-5-6-10-18(16)21)11-19-17(13-22)14-7-3-2-4-8-14/h2-10,17,19,22H,11-13H2,1H3/t17-/m1/s1. The van der Waals surface area contributed by atoms with Gasteiger partial charge in [0.15, 0.2) is 0 Å². The summed E-state index contributed by atoms with van der Waals surface area (Å²) in [4.78, 5) is 6.93. The van der Waals surface area contributed by atoms with Crippen LogP contribution < -0.4 is 10.2 Å². The van der Waals surface area contributed by atoms with Crippen molar-refractivity contribution in [2.45, 2.75) is 6.04 Å². The average molecular weight is 295 g/mol. The summed E-state index contributed by atoms with van der Waals surface area (Å²) in [7, 11) is 2.08. The summed E-state index contributed by atoms with van der Waals surface area (Å²) in [6, 6.07) is 18.1. The predicted octanol–water partition coefficient (Wildman–Crippen LogP) is 2.53. The number of hydrogen-bond acceptors (Lipinski definition) is 4. The Labute approximate surface area is 131 Å². The maximum absolute atomic E-state index is 9.61. The minimum Gasteiger partial charge on any atom is -0.394 e. The number of anilines is 1. The largest absolute Gasteiger partial charge is 0.394 e. The number of rotatable bonds is 5. The van der Waals surface area contributed by atoms with Gasteiger partial charge in [-0.05, 0) is 17.7 Å². The monoisotopic (exact) mass is 295 g/mol. The second-order valence-corrected chi connectivity index (χ2v) is 5.55. The number of aliphatic hydroxyl groups is 1. The van der Waals surface area contributed by atoms with E-state index in [4.69, 9.17) is 4.99 Å². The smallest absolute Gasteiger partial charge is 0.0863 e. The topological polar surface area (TPSA) is 47.9 Å². The summed E-state index contributed by atoms with van der Waals surface area (Å²) < 4.78 is 0. The molecule has 1 heterocycles. The summed E-state index contributed by atoms with van der Waals surface area (Å²) >= 11 is 0. The van der Waals surface area contributed by atoms with Crippen molar-refractivity contribution in [1.29, 1.82) is 0 Å². The van der Waals surface area contributed by atoms with Gasteiger partial charge in [-0.3, -0.25) is 4.99 Å². The van der Waals surface area contributed by atoms with Crippen molar-refractivity contribution in [3.63, 3.8) is 0 Å². The maximum atomic E-state index is 9.61. The second-order valence-electron chi connectivity index (χ2n) is 5.55. The quantitative estimate of drug-likeness (QED) is 0.891. The van der Waals surface area contributed by atoms with Gasteiger partial charge in [-0.15, -0.1) is 0 Å². The minimum atomic E-state index is -0.0635. The van der Waals surface area contributed by atoms with Crippen LogP contribution >= 0.6 is 0 Å². The van der Waals surface area contributed by atoms with Crippen LogP contribution in [0.5, 0.6) is 0 Å². The first-order chi connectivity index (χ1) is 10.8. The van der Waals surface area contributed by atoms with Crippen LogP contribution in [0.15, 0.2) is 59.6 Å². The van der Waals surface area contributed by atoms with E-state index in [1.807, 2.05) is 48.5 Å². The van der Waals surface area contributed by atoms with E-state index in [0.29, 0.717) is 6.54 Å². The minimum absolute atomic E-state index is 0.0635. The number of aliphatic imine (C=N–C) groups is 1. The van der Waals surface area contributed by atoms with Crippen LogP contribution in [-0.2, 0) is 0 Å². The van der Waals surface area contributed by atoms with E-state index >= 15 is 0 Å². The Kier molecular flexibility index (Phi) is 4.51. The van der Waals surface area contributed by atoms with Crippen LogP contribution in [0.4, 0.5) is 11.4 Å². The predicted molar refractivity (Wildman–Crippen MR) is 91.1 cm³/mol. The summed E-state index contributed by atoms with van der Waals surface area (Å²) in [6.07, 6.45) is 0. The third-order valence-electron chi connectivity index (χ3n) is 3.93. The molecule has 2 aromatic carbocycles. The molecule has 1 aliphatic rings. The molecule has 0 saturated heterocycles. The molecule has 0 radical (unpaired) electrons. The molecule has 0 bridgehead atoms. The first-order valence-corrected chi connectivity index (χ1v) is 7.53. The van der Waals surface area contributed by atoms with Crippen LogP contribution in [0, 0.1) is 0 Å². The Morgan fingerprint density at radius 1 is 1.14 bits per heavy atom. The molecule has 2 aromatic rings. The Balaban J connectivity index is 1.70.